The summed E-state index contributed by atoms with van der Waals surface area (Å²) in [5.74, 6) is 0.197. The third-order valence-electron chi connectivity index (χ3n) is 2.72. The van der Waals surface area contributed by atoms with Crippen LogP contribution in [0.1, 0.15) is 37.6 Å². The van der Waals surface area contributed by atoms with Crippen molar-refractivity contribution in [2.75, 3.05) is 13.1 Å². The van der Waals surface area contributed by atoms with Crippen LogP contribution in [0.25, 0.3) is 0 Å². The number of carbonyl (C=O) groups excluding carboxylic acids is 1. The second-order valence-corrected chi connectivity index (χ2v) is 8.31. The van der Waals surface area contributed by atoms with Crippen LogP contribution in [0.4, 0.5) is 0 Å². The Balaban J connectivity index is 1.92. The fraction of sp³-hybridized carbons (Fsp3) is 0.615. The van der Waals surface area contributed by atoms with Crippen molar-refractivity contribution >= 4 is 29.0 Å². The van der Waals surface area contributed by atoms with Gasteiger partial charge in [-0.3, -0.25) is 4.79 Å². The first kappa shape index (κ1) is 13.0. The number of nitrogens with zero attached hydrogens (tertiary/aromatic N) is 1. The first-order valence-corrected chi connectivity index (χ1v) is 7.77. The fourth-order valence-electron chi connectivity index (χ4n) is 2.08. The maximum Gasteiger partial charge on any atom is 0.254 e. The van der Waals surface area contributed by atoms with E-state index in [9.17, 15) is 4.79 Å². The zero-order valence-electron chi connectivity index (χ0n) is 10.6. The van der Waals surface area contributed by atoms with Gasteiger partial charge in [0.2, 0.25) is 0 Å². The van der Waals surface area contributed by atoms with Crippen molar-refractivity contribution in [3.05, 3.63) is 22.4 Å². The largest absolute Gasteiger partial charge is 0.337 e. The molecule has 0 bridgehead atoms. The molecule has 1 saturated heterocycles. The van der Waals surface area contributed by atoms with Crippen molar-refractivity contribution in [3.8, 4) is 0 Å². The molecule has 1 aromatic rings. The number of amides is 1. The van der Waals surface area contributed by atoms with Gasteiger partial charge in [0.05, 0.1) is 5.56 Å². The lowest BCUT2D eigenvalue weighted by molar-refractivity contribution is 0.0794. The molecule has 0 spiro atoms. The van der Waals surface area contributed by atoms with E-state index >= 15 is 0 Å². The SMILES string of the molecule is CC(C)(C)SC1CCN(C(=O)c2ccsc2)C1. The van der Waals surface area contributed by atoms with Gasteiger partial charge in [-0.1, -0.05) is 20.8 Å². The summed E-state index contributed by atoms with van der Waals surface area (Å²) in [5.41, 5.74) is 0.844. The maximum atomic E-state index is 12.1. The maximum absolute atomic E-state index is 12.1. The molecule has 0 radical (unpaired) electrons. The molecule has 0 N–H and O–H groups in total. The molecule has 0 aliphatic carbocycles. The molecule has 2 heterocycles. The molecule has 0 saturated carbocycles. The van der Waals surface area contributed by atoms with Crippen LogP contribution in [-0.2, 0) is 0 Å². The lowest BCUT2D eigenvalue weighted by Crippen LogP contribution is -2.29. The predicted octanol–water partition coefficient (Wildman–Crippen LogP) is 3.49. The van der Waals surface area contributed by atoms with E-state index in [1.807, 2.05) is 33.5 Å². The van der Waals surface area contributed by atoms with E-state index in [1.54, 1.807) is 11.3 Å². The number of hydrogen-bond acceptors (Lipinski definition) is 3. The fourth-order valence-corrected chi connectivity index (χ4v) is 4.19. The number of rotatable bonds is 2. The Bertz CT molecular complexity index is 381. The molecule has 17 heavy (non-hydrogen) atoms. The second kappa shape index (κ2) is 5.02. The Morgan fingerprint density at radius 3 is 2.88 bits per heavy atom. The minimum atomic E-state index is 0.197. The highest BCUT2D eigenvalue weighted by Gasteiger charge is 2.30. The molecule has 2 nitrogen and oxygen atoms in total. The summed E-state index contributed by atoms with van der Waals surface area (Å²) in [6.45, 7) is 8.52. The second-order valence-electron chi connectivity index (χ2n) is 5.40. The van der Waals surface area contributed by atoms with Crippen molar-refractivity contribution in [2.24, 2.45) is 0 Å². The van der Waals surface area contributed by atoms with Gasteiger partial charge in [0, 0.05) is 28.5 Å². The average Bonchev–Trinajstić information content (AvgIpc) is 2.83. The van der Waals surface area contributed by atoms with E-state index in [2.05, 4.69) is 20.8 Å². The summed E-state index contributed by atoms with van der Waals surface area (Å²) >= 11 is 3.58. The molecular formula is C13H19NOS2. The summed E-state index contributed by atoms with van der Waals surface area (Å²) in [6, 6.07) is 1.91. The van der Waals surface area contributed by atoms with Crippen molar-refractivity contribution in [1.82, 2.24) is 4.90 Å². The Morgan fingerprint density at radius 1 is 1.53 bits per heavy atom. The molecule has 0 aromatic carbocycles. The summed E-state index contributed by atoms with van der Waals surface area (Å²) in [4.78, 5) is 14.1. The molecule has 1 aliphatic heterocycles. The Hall–Kier alpha value is -0.480. The van der Waals surface area contributed by atoms with Crippen LogP contribution >= 0.6 is 23.1 Å². The molecule has 1 atom stereocenters. The van der Waals surface area contributed by atoms with Gasteiger partial charge in [-0.25, -0.2) is 0 Å². The van der Waals surface area contributed by atoms with Crippen LogP contribution in [0.3, 0.4) is 0 Å². The first-order chi connectivity index (χ1) is 7.96. The highest BCUT2D eigenvalue weighted by Crippen LogP contribution is 2.33. The van der Waals surface area contributed by atoms with Crippen molar-refractivity contribution in [3.63, 3.8) is 0 Å². The molecule has 2 rings (SSSR count). The van der Waals surface area contributed by atoms with Crippen molar-refractivity contribution in [1.29, 1.82) is 0 Å². The average molecular weight is 269 g/mol. The van der Waals surface area contributed by atoms with E-state index < -0.39 is 0 Å². The van der Waals surface area contributed by atoms with Crippen LogP contribution in [0.2, 0.25) is 0 Å². The quantitative estimate of drug-likeness (QED) is 0.819. The Kier molecular flexibility index (Phi) is 3.83. The number of thiophene rings is 1. The normalized spacial score (nSPS) is 20.9. The summed E-state index contributed by atoms with van der Waals surface area (Å²) < 4.78 is 0.284. The summed E-state index contributed by atoms with van der Waals surface area (Å²) in [7, 11) is 0. The molecule has 1 unspecified atom stereocenters. The molecule has 1 aliphatic rings. The standard InChI is InChI=1S/C13H19NOS2/c1-13(2,3)17-11-4-6-14(8-11)12(15)10-5-7-16-9-10/h5,7,9,11H,4,6,8H2,1-3H3. The smallest absolute Gasteiger partial charge is 0.254 e. The van der Waals surface area contributed by atoms with E-state index in [1.165, 1.54) is 0 Å². The zero-order valence-corrected chi connectivity index (χ0v) is 12.2. The summed E-state index contributed by atoms with van der Waals surface area (Å²) in [5, 5.41) is 4.50. The van der Waals surface area contributed by atoms with Crippen molar-refractivity contribution < 1.29 is 4.79 Å². The highest BCUT2D eigenvalue weighted by molar-refractivity contribution is 8.01. The van der Waals surface area contributed by atoms with Crippen molar-refractivity contribution in [2.45, 2.75) is 37.2 Å². The van der Waals surface area contributed by atoms with Gasteiger partial charge in [-0.2, -0.15) is 23.1 Å². The predicted molar refractivity (Wildman–Crippen MR) is 76.0 cm³/mol. The zero-order chi connectivity index (χ0) is 12.5. The van der Waals surface area contributed by atoms with E-state index in [0.29, 0.717) is 5.25 Å². The van der Waals surface area contributed by atoms with Gasteiger partial charge in [0.15, 0.2) is 0 Å². The first-order valence-electron chi connectivity index (χ1n) is 5.95. The monoisotopic (exact) mass is 269 g/mol. The van der Waals surface area contributed by atoms with E-state index in [-0.39, 0.29) is 10.7 Å². The van der Waals surface area contributed by atoms with Gasteiger partial charge < -0.3 is 4.90 Å². The van der Waals surface area contributed by atoms with E-state index in [0.717, 1.165) is 25.1 Å². The molecule has 1 fully saturated rings. The van der Waals surface area contributed by atoms with Gasteiger partial charge in [-0.05, 0) is 17.9 Å². The topological polar surface area (TPSA) is 20.3 Å². The molecule has 1 amide bonds. The van der Waals surface area contributed by atoms with Gasteiger partial charge in [0.25, 0.3) is 5.91 Å². The summed E-state index contributed by atoms with van der Waals surface area (Å²) in [6.07, 6.45) is 1.12. The molecule has 94 valence electrons. The Morgan fingerprint density at radius 2 is 2.29 bits per heavy atom. The third kappa shape index (κ3) is 3.49. The van der Waals surface area contributed by atoms with Crippen LogP contribution < -0.4 is 0 Å². The molecular weight excluding hydrogens is 250 g/mol. The van der Waals surface area contributed by atoms with E-state index in [4.69, 9.17) is 0 Å². The van der Waals surface area contributed by atoms with Crippen LogP contribution in [-0.4, -0.2) is 33.9 Å². The number of hydrogen-bond donors (Lipinski definition) is 0. The van der Waals surface area contributed by atoms with Crippen LogP contribution in [0.15, 0.2) is 16.8 Å². The number of thioether (sulfide) groups is 1. The Labute approximate surface area is 111 Å². The highest BCUT2D eigenvalue weighted by atomic mass is 32.2. The lowest BCUT2D eigenvalue weighted by atomic mass is 10.3. The van der Waals surface area contributed by atoms with Gasteiger partial charge in [0.1, 0.15) is 0 Å². The lowest BCUT2D eigenvalue weighted by Gasteiger charge is -2.22. The molecule has 1 aromatic heterocycles. The van der Waals surface area contributed by atoms with Crippen LogP contribution in [0.5, 0.6) is 0 Å². The minimum Gasteiger partial charge on any atom is -0.337 e. The van der Waals surface area contributed by atoms with Gasteiger partial charge >= 0.3 is 0 Å². The number of carbonyl (C=O) groups is 1. The van der Waals surface area contributed by atoms with Gasteiger partial charge in [-0.15, -0.1) is 0 Å². The van der Waals surface area contributed by atoms with Crippen LogP contribution in [0, 0.1) is 0 Å². The third-order valence-corrected chi connectivity index (χ3v) is 4.83. The minimum absolute atomic E-state index is 0.197. The number of likely N-dealkylation sites (tertiary alicyclic amines) is 1. The molecule has 4 heteroatoms.